The number of hydrogen-bond donors (Lipinski definition) is 2. The fourth-order valence-electron chi connectivity index (χ4n) is 2.79. The molecule has 0 aliphatic carbocycles. The molecule has 0 bridgehead atoms. The molecule has 0 amide bonds. The monoisotopic (exact) mass is 328 g/mol. The van der Waals surface area contributed by atoms with E-state index in [0.717, 1.165) is 6.07 Å². The number of phenolic OH excluding ortho intramolecular Hbond substituents is 2. The first-order chi connectivity index (χ1) is 11.3. The predicted molar refractivity (Wildman–Crippen MR) is 83.3 cm³/mol. The van der Waals surface area contributed by atoms with Gasteiger partial charge < -0.3 is 19.7 Å². The van der Waals surface area contributed by atoms with Crippen LogP contribution in [-0.2, 0) is 24.5 Å². The van der Waals surface area contributed by atoms with Crippen LogP contribution in [0.3, 0.4) is 0 Å². The van der Waals surface area contributed by atoms with E-state index in [4.69, 9.17) is 9.47 Å². The summed E-state index contributed by atoms with van der Waals surface area (Å²) in [5.74, 6) is -3.81. The minimum atomic E-state index is -1.87. The van der Waals surface area contributed by atoms with Crippen molar-refractivity contribution < 1.29 is 29.3 Å². The summed E-state index contributed by atoms with van der Waals surface area (Å²) in [7, 11) is 0. The van der Waals surface area contributed by atoms with Gasteiger partial charge in [-0.25, -0.2) is 9.59 Å². The van der Waals surface area contributed by atoms with E-state index in [2.05, 4.69) is 0 Å². The molecule has 0 aromatic heterocycles. The summed E-state index contributed by atoms with van der Waals surface area (Å²) in [5, 5.41) is 19.3. The van der Waals surface area contributed by atoms with Gasteiger partial charge in [-0.15, -0.1) is 0 Å². The Hall–Kier alpha value is -3.02. The fourth-order valence-corrected chi connectivity index (χ4v) is 2.79. The van der Waals surface area contributed by atoms with Gasteiger partial charge in [0, 0.05) is 13.8 Å². The Balaban J connectivity index is 2.28. The second-order valence-corrected chi connectivity index (χ2v) is 6.00. The molecule has 0 saturated carbocycles. The molecule has 3 rings (SSSR count). The Bertz CT molecular complexity index is 790. The molecular weight excluding hydrogens is 312 g/mol. The Morgan fingerprint density at radius 1 is 0.792 bits per heavy atom. The molecule has 1 fully saturated rings. The first-order valence-electron chi connectivity index (χ1n) is 7.32. The summed E-state index contributed by atoms with van der Waals surface area (Å²) in [5.41, 5.74) is -1.38. The molecule has 0 atom stereocenters. The number of phenols is 2. The topological polar surface area (TPSA) is 93.1 Å². The van der Waals surface area contributed by atoms with Crippen LogP contribution in [0.15, 0.2) is 48.5 Å². The highest BCUT2D eigenvalue weighted by molar-refractivity contribution is 6.11. The van der Waals surface area contributed by atoms with Crippen LogP contribution in [0.25, 0.3) is 0 Å². The number of rotatable bonds is 2. The van der Waals surface area contributed by atoms with Gasteiger partial charge >= 0.3 is 11.9 Å². The third kappa shape index (κ3) is 2.27. The van der Waals surface area contributed by atoms with Crippen LogP contribution in [-0.4, -0.2) is 27.9 Å². The van der Waals surface area contributed by atoms with E-state index in [1.54, 1.807) is 30.3 Å². The number of carbonyl (C=O) groups excluding carboxylic acids is 2. The van der Waals surface area contributed by atoms with Gasteiger partial charge in [0.25, 0.3) is 5.79 Å². The third-order valence-electron chi connectivity index (χ3n) is 3.90. The summed E-state index contributed by atoms with van der Waals surface area (Å²) in [4.78, 5) is 25.7. The summed E-state index contributed by atoms with van der Waals surface area (Å²) in [6.45, 7) is 2.93. The van der Waals surface area contributed by atoms with Gasteiger partial charge in [-0.05, 0) is 23.3 Å². The van der Waals surface area contributed by atoms with Crippen LogP contribution in [0, 0.1) is 0 Å². The van der Waals surface area contributed by atoms with Gasteiger partial charge in [0.15, 0.2) is 11.5 Å². The lowest BCUT2D eigenvalue weighted by Gasteiger charge is -2.40. The van der Waals surface area contributed by atoms with Crippen molar-refractivity contribution in [3.8, 4) is 11.5 Å². The maximum absolute atomic E-state index is 12.9. The molecule has 6 nitrogen and oxygen atoms in total. The van der Waals surface area contributed by atoms with Gasteiger partial charge in [-0.1, -0.05) is 36.4 Å². The highest BCUT2D eigenvalue weighted by atomic mass is 16.7. The molecular formula is C18H16O6. The molecule has 1 heterocycles. The van der Waals surface area contributed by atoms with Crippen molar-refractivity contribution in [3.63, 3.8) is 0 Å². The van der Waals surface area contributed by atoms with E-state index in [1.807, 2.05) is 0 Å². The largest absolute Gasteiger partial charge is 0.504 e. The Morgan fingerprint density at radius 2 is 1.38 bits per heavy atom. The normalized spacial score (nSPS) is 18.6. The molecule has 1 saturated heterocycles. The van der Waals surface area contributed by atoms with Crippen LogP contribution in [0.1, 0.15) is 25.0 Å². The zero-order valence-electron chi connectivity index (χ0n) is 13.1. The van der Waals surface area contributed by atoms with Crippen LogP contribution in [0.5, 0.6) is 11.5 Å². The number of cyclic esters (lactones) is 2. The number of esters is 2. The molecule has 2 aromatic rings. The number of benzene rings is 2. The molecule has 0 unspecified atom stereocenters. The van der Waals surface area contributed by atoms with Gasteiger partial charge in [0.2, 0.25) is 5.41 Å². The van der Waals surface area contributed by atoms with E-state index in [-0.39, 0.29) is 11.3 Å². The van der Waals surface area contributed by atoms with E-state index >= 15 is 0 Å². The lowest BCUT2D eigenvalue weighted by Crippen LogP contribution is -2.57. The molecule has 6 heteroatoms. The van der Waals surface area contributed by atoms with Crippen molar-refractivity contribution in [1.82, 2.24) is 0 Å². The van der Waals surface area contributed by atoms with Gasteiger partial charge in [0.05, 0.1) is 0 Å². The van der Waals surface area contributed by atoms with Crippen molar-refractivity contribution >= 4 is 11.9 Å². The number of aromatic hydroxyl groups is 2. The summed E-state index contributed by atoms with van der Waals surface area (Å²) in [6, 6.07) is 12.0. The van der Waals surface area contributed by atoms with Gasteiger partial charge in [0.1, 0.15) is 0 Å². The van der Waals surface area contributed by atoms with Gasteiger partial charge in [-0.3, -0.25) is 0 Å². The molecule has 2 aromatic carbocycles. The van der Waals surface area contributed by atoms with E-state index in [9.17, 15) is 19.8 Å². The molecule has 0 radical (unpaired) electrons. The highest BCUT2D eigenvalue weighted by Crippen LogP contribution is 2.43. The quantitative estimate of drug-likeness (QED) is 0.499. The Labute approximate surface area is 138 Å². The van der Waals surface area contributed by atoms with E-state index in [0.29, 0.717) is 5.56 Å². The summed E-state index contributed by atoms with van der Waals surface area (Å²) in [6.07, 6.45) is 0. The average Bonchev–Trinajstić information content (AvgIpc) is 2.50. The summed E-state index contributed by atoms with van der Waals surface area (Å²) < 4.78 is 10.6. The fraction of sp³-hybridized carbons (Fsp3) is 0.222. The minimum Gasteiger partial charge on any atom is -0.504 e. The zero-order chi connectivity index (χ0) is 17.5. The maximum atomic E-state index is 12.9. The predicted octanol–water partition coefficient (Wildman–Crippen LogP) is 2.22. The van der Waals surface area contributed by atoms with Crippen LogP contribution in [0.4, 0.5) is 0 Å². The van der Waals surface area contributed by atoms with Crippen molar-refractivity contribution in [1.29, 1.82) is 0 Å². The Morgan fingerprint density at radius 3 is 1.92 bits per heavy atom. The molecule has 1 aliphatic rings. The number of carbonyl (C=O) groups is 2. The maximum Gasteiger partial charge on any atom is 0.335 e. The molecule has 0 spiro atoms. The third-order valence-corrected chi connectivity index (χ3v) is 3.90. The SMILES string of the molecule is CC1(C)OC(=O)C(c2ccccc2)(c2ccc(O)c(O)c2)C(=O)O1. The molecule has 24 heavy (non-hydrogen) atoms. The molecule has 2 N–H and O–H groups in total. The lowest BCUT2D eigenvalue weighted by molar-refractivity contribution is -0.240. The van der Waals surface area contributed by atoms with Crippen LogP contribution < -0.4 is 0 Å². The lowest BCUT2D eigenvalue weighted by atomic mass is 9.73. The van der Waals surface area contributed by atoms with Gasteiger partial charge in [-0.2, -0.15) is 0 Å². The van der Waals surface area contributed by atoms with E-state index < -0.39 is 28.9 Å². The average molecular weight is 328 g/mol. The number of ether oxygens (including phenoxy) is 2. The molecule has 124 valence electrons. The second kappa shape index (κ2) is 5.26. The second-order valence-electron chi connectivity index (χ2n) is 6.00. The minimum absolute atomic E-state index is 0.148. The smallest absolute Gasteiger partial charge is 0.335 e. The number of hydrogen-bond acceptors (Lipinski definition) is 6. The molecule has 1 aliphatic heterocycles. The Kier molecular flexibility index (Phi) is 3.48. The van der Waals surface area contributed by atoms with Crippen molar-refractivity contribution in [2.45, 2.75) is 25.0 Å². The highest BCUT2D eigenvalue weighted by Gasteiger charge is 2.58. The van der Waals surface area contributed by atoms with Crippen LogP contribution >= 0.6 is 0 Å². The van der Waals surface area contributed by atoms with Crippen molar-refractivity contribution in [2.24, 2.45) is 0 Å². The van der Waals surface area contributed by atoms with Crippen molar-refractivity contribution in [2.75, 3.05) is 0 Å². The standard InChI is InChI=1S/C18H16O6/c1-17(2)23-15(21)18(16(22)24-17,11-6-4-3-5-7-11)12-8-9-13(19)14(20)10-12/h3-10,19-20H,1-2H3. The summed E-state index contributed by atoms with van der Waals surface area (Å²) >= 11 is 0. The zero-order valence-corrected chi connectivity index (χ0v) is 13.1. The van der Waals surface area contributed by atoms with Crippen molar-refractivity contribution in [3.05, 3.63) is 59.7 Å². The first-order valence-corrected chi connectivity index (χ1v) is 7.32. The van der Waals surface area contributed by atoms with E-state index in [1.165, 1.54) is 26.0 Å². The van der Waals surface area contributed by atoms with Crippen LogP contribution in [0.2, 0.25) is 0 Å². The first kappa shape index (κ1) is 15.9.